The molecule has 0 spiro atoms. The van der Waals surface area contributed by atoms with E-state index in [9.17, 15) is 14.4 Å². The molecule has 0 aliphatic heterocycles. The van der Waals surface area contributed by atoms with Crippen molar-refractivity contribution in [3.05, 3.63) is 40.3 Å². The van der Waals surface area contributed by atoms with Crippen LogP contribution in [-0.2, 0) is 19.1 Å². The number of hydrogen-bond donors (Lipinski definition) is 1. The van der Waals surface area contributed by atoms with E-state index in [-0.39, 0.29) is 13.0 Å². The highest BCUT2D eigenvalue weighted by Crippen LogP contribution is 2.40. The Morgan fingerprint density at radius 2 is 1.70 bits per heavy atom. The van der Waals surface area contributed by atoms with Gasteiger partial charge in [-0.3, -0.25) is 9.59 Å². The molecular formula is C20H23NO5S. The second-order valence-corrected chi connectivity index (χ2v) is 7.11. The van der Waals surface area contributed by atoms with E-state index in [2.05, 4.69) is 5.32 Å². The third-order valence-electron chi connectivity index (χ3n) is 3.81. The molecular weight excluding hydrogens is 366 g/mol. The van der Waals surface area contributed by atoms with Crippen LogP contribution in [0.1, 0.15) is 41.1 Å². The van der Waals surface area contributed by atoms with Crippen molar-refractivity contribution in [2.75, 3.05) is 18.5 Å². The molecule has 0 saturated heterocycles. The highest BCUT2D eigenvalue weighted by atomic mass is 32.1. The van der Waals surface area contributed by atoms with Crippen LogP contribution in [0, 0.1) is 13.8 Å². The van der Waals surface area contributed by atoms with Gasteiger partial charge < -0.3 is 14.8 Å². The van der Waals surface area contributed by atoms with Crippen molar-refractivity contribution in [3.8, 4) is 11.1 Å². The quantitative estimate of drug-likeness (QED) is 0.721. The standard InChI is InChI=1S/C20H23NO5S/c1-5-16(23)26-11-15(22)21-19-18(20(24)25-6-2)17(13(4)27-19)14-9-7-12(3)8-10-14/h7-10H,5-6,11H2,1-4H3,(H,21,22). The summed E-state index contributed by atoms with van der Waals surface area (Å²) in [6.45, 7) is 7.07. The van der Waals surface area contributed by atoms with Gasteiger partial charge in [-0.05, 0) is 26.3 Å². The number of benzene rings is 1. The van der Waals surface area contributed by atoms with Crippen LogP contribution in [0.2, 0.25) is 0 Å². The van der Waals surface area contributed by atoms with Gasteiger partial charge in [-0.2, -0.15) is 0 Å². The van der Waals surface area contributed by atoms with E-state index in [0.717, 1.165) is 21.6 Å². The fraction of sp³-hybridized carbons (Fsp3) is 0.350. The molecule has 0 bridgehead atoms. The van der Waals surface area contributed by atoms with Gasteiger partial charge in [0.1, 0.15) is 10.6 Å². The molecule has 1 amide bonds. The Labute approximate surface area is 162 Å². The van der Waals surface area contributed by atoms with E-state index in [0.29, 0.717) is 10.6 Å². The Bertz CT molecular complexity index is 839. The number of anilines is 1. The van der Waals surface area contributed by atoms with Crippen LogP contribution in [0.15, 0.2) is 24.3 Å². The van der Waals surface area contributed by atoms with Gasteiger partial charge in [0.2, 0.25) is 0 Å². The van der Waals surface area contributed by atoms with Crippen molar-refractivity contribution >= 4 is 34.2 Å². The lowest BCUT2D eigenvalue weighted by atomic mass is 10.0. The summed E-state index contributed by atoms with van der Waals surface area (Å²) in [6, 6.07) is 7.79. The highest BCUT2D eigenvalue weighted by molar-refractivity contribution is 7.17. The molecule has 2 rings (SSSR count). The SMILES string of the molecule is CCOC(=O)c1c(NC(=O)COC(=O)CC)sc(C)c1-c1ccc(C)cc1. The van der Waals surface area contributed by atoms with Gasteiger partial charge in [0.25, 0.3) is 5.91 Å². The Morgan fingerprint density at radius 3 is 2.30 bits per heavy atom. The first-order chi connectivity index (χ1) is 12.9. The monoisotopic (exact) mass is 389 g/mol. The molecule has 2 aromatic rings. The van der Waals surface area contributed by atoms with Gasteiger partial charge in [0.05, 0.1) is 6.61 Å². The molecule has 144 valence electrons. The number of esters is 2. The number of amides is 1. The van der Waals surface area contributed by atoms with Gasteiger partial charge in [-0.1, -0.05) is 36.8 Å². The van der Waals surface area contributed by atoms with E-state index in [1.54, 1.807) is 13.8 Å². The summed E-state index contributed by atoms with van der Waals surface area (Å²) in [5, 5.41) is 3.06. The summed E-state index contributed by atoms with van der Waals surface area (Å²) in [5.41, 5.74) is 3.03. The van der Waals surface area contributed by atoms with Crippen LogP contribution in [0.4, 0.5) is 5.00 Å². The van der Waals surface area contributed by atoms with Gasteiger partial charge in [0, 0.05) is 16.9 Å². The minimum atomic E-state index is -0.502. The minimum absolute atomic E-state index is 0.192. The topological polar surface area (TPSA) is 81.7 Å². The van der Waals surface area contributed by atoms with Crippen molar-refractivity contribution < 1.29 is 23.9 Å². The predicted octanol–water partition coefficient (Wildman–Crippen LogP) is 4.10. The Hall–Kier alpha value is -2.67. The molecule has 0 saturated carbocycles. The summed E-state index contributed by atoms with van der Waals surface area (Å²) < 4.78 is 10.0. The number of rotatable bonds is 7. The van der Waals surface area contributed by atoms with E-state index in [1.807, 2.05) is 38.1 Å². The van der Waals surface area contributed by atoms with Crippen molar-refractivity contribution in [2.45, 2.75) is 34.1 Å². The second kappa shape index (κ2) is 9.32. The zero-order valence-electron chi connectivity index (χ0n) is 15.9. The van der Waals surface area contributed by atoms with Crippen molar-refractivity contribution in [2.24, 2.45) is 0 Å². The molecule has 0 fully saturated rings. The number of thiophene rings is 1. The van der Waals surface area contributed by atoms with Gasteiger partial charge in [-0.15, -0.1) is 11.3 Å². The molecule has 0 unspecified atom stereocenters. The maximum atomic E-state index is 12.6. The molecule has 7 heteroatoms. The third kappa shape index (κ3) is 5.17. The smallest absolute Gasteiger partial charge is 0.341 e. The van der Waals surface area contributed by atoms with Crippen LogP contribution in [0.3, 0.4) is 0 Å². The van der Waals surface area contributed by atoms with E-state index in [1.165, 1.54) is 11.3 Å². The maximum Gasteiger partial charge on any atom is 0.341 e. The average molecular weight is 389 g/mol. The number of hydrogen-bond acceptors (Lipinski definition) is 6. The fourth-order valence-electron chi connectivity index (χ4n) is 2.51. The summed E-state index contributed by atoms with van der Waals surface area (Å²) in [5.74, 6) is -1.46. The molecule has 1 N–H and O–H groups in total. The average Bonchev–Trinajstić information content (AvgIpc) is 2.96. The zero-order valence-corrected chi connectivity index (χ0v) is 16.7. The lowest BCUT2D eigenvalue weighted by Crippen LogP contribution is -2.21. The van der Waals surface area contributed by atoms with Crippen LogP contribution in [-0.4, -0.2) is 31.1 Å². The molecule has 0 radical (unpaired) electrons. The summed E-state index contributed by atoms with van der Waals surface area (Å²) >= 11 is 1.29. The van der Waals surface area contributed by atoms with Crippen LogP contribution in [0.5, 0.6) is 0 Å². The molecule has 1 aromatic carbocycles. The normalized spacial score (nSPS) is 10.4. The number of carbonyl (C=O) groups excluding carboxylic acids is 3. The van der Waals surface area contributed by atoms with Crippen molar-refractivity contribution in [1.82, 2.24) is 0 Å². The van der Waals surface area contributed by atoms with E-state index >= 15 is 0 Å². The van der Waals surface area contributed by atoms with Crippen molar-refractivity contribution in [1.29, 1.82) is 0 Å². The predicted molar refractivity (Wildman–Crippen MR) is 105 cm³/mol. The summed E-state index contributed by atoms with van der Waals surface area (Å²) in [6.07, 6.45) is 0.192. The lowest BCUT2D eigenvalue weighted by molar-refractivity contribution is -0.146. The largest absolute Gasteiger partial charge is 0.462 e. The molecule has 0 aliphatic rings. The minimum Gasteiger partial charge on any atom is -0.462 e. The van der Waals surface area contributed by atoms with Crippen molar-refractivity contribution in [3.63, 3.8) is 0 Å². The van der Waals surface area contributed by atoms with Crippen LogP contribution < -0.4 is 5.32 Å². The molecule has 6 nitrogen and oxygen atoms in total. The maximum absolute atomic E-state index is 12.6. The molecule has 0 atom stereocenters. The van der Waals surface area contributed by atoms with E-state index in [4.69, 9.17) is 9.47 Å². The second-order valence-electron chi connectivity index (χ2n) is 5.89. The third-order valence-corrected chi connectivity index (χ3v) is 4.83. The van der Waals surface area contributed by atoms with Crippen LogP contribution >= 0.6 is 11.3 Å². The fourth-order valence-corrected chi connectivity index (χ4v) is 3.59. The number of ether oxygens (including phenoxy) is 2. The molecule has 1 heterocycles. The highest BCUT2D eigenvalue weighted by Gasteiger charge is 2.25. The van der Waals surface area contributed by atoms with E-state index < -0.39 is 24.5 Å². The summed E-state index contributed by atoms with van der Waals surface area (Å²) in [4.78, 5) is 36.8. The summed E-state index contributed by atoms with van der Waals surface area (Å²) in [7, 11) is 0. The number of carbonyl (C=O) groups is 3. The first-order valence-electron chi connectivity index (χ1n) is 8.70. The van der Waals surface area contributed by atoms with Crippen LogP contribution in [0.25, 0.3) is 11.1 Å². The zero-order chi connectivity index (χ0) is 20.0. The first-order valence-corrected chi connectivity index (χ1v) is 9.52. The molecule has 27 heavy (non-hydrogen) atoms. The lowest BCUT2D eigenvalue weighted by Gasteiger charge is -2.09. The molecule has 1 aromatic heterocycles. The Kier molecular flexibility index (Phi) is 7.12. The molecule has 0 aliphatic carbocycles. The number of nitrogens with one attached hydrogen (secondary N) is 1. The van der Waals surface area contributed by atoms with Gasteiger partial charge >= 0.3 is 11.9 Å². The number of aryl methyl sites for hydroxylation is 2. The Morgan fingerprint density at radius 1 is 1.04 bits per heavy atom. The van der Waals surface area contributed by atoms with Gasteiger partial charge in [0.15, 0.2) is 6.61 Å². The first kappa shape index (κ1) is 20.6. The Balaban J connectivity index is 2.38. The van der Waals surface area contributed by atoms with Gasteiger partial charge in [-0.25, -0.2) is 4.79 Å².